The summed E-state index contributed by atoms with van der Waals surface area (Å²) < 4.78 is 5.15. The summed E-state index contributed by atoms with van der Waals surface area (Å²) in [5.74, 6) is 1.15. The molecule has 108 valence electrons. The molecule has 1 atom stereocenters. The van der Waals surface area contributed by atoms with E-state index in [0.717, 1.165) is 37.1 Å². The molecule has 1 aliphatic heterocycles. The topological polar surface area (TPSA) is 29.5 Å². The van der Waals surface area contributed by atoms with Crippen molar-refractivity contribution in [1.82, 2.24) is 4.90 Å². The van der Waals surface area contributed by atoms with Crippen LogP contribution in [0.4, 0.5) is 0 Å². The van der Waals surface area contributed by atoms with E-state index in [0.29, 0.717) is 12.5 Å². The molecule has 1 aromatic rings. The maximum absolute atomic E-state index is 12.0. The Balaban J connectivity index is 1.93. The van der Waals surface area contributed by atoms with Crippen LogP contribution >= 0.6 is 0 Å². The first kappa shape index (κ1) is 14.6. The Hall–Kier alpha value is -1.77. The van der Waals surface area contributed by atoms with E-state index >= 15 is 0 Å². The number of methoxy groups -OCH3 is 1. The highest BCUT2D eigenvalue weighted by Crippen LogP contribution is 2.24. The van der Waals surface area contributed by atoms with Gasteiger partial charge in [0.15, 0.2) is 0 Å². The average Bonchev–Trinajstić information content (AvgIpc) is 2.77. The first-order valence-electron chi connectivity index (χ1n) is 7.17. The lowest BCUT2D eigenvalue weighted by molar-refractivity contribution is -0.128. The number of ether oxygens (including phenoxy) is 1. The van der Waals surface area contributed by atoms with Crippen molar-refractivity contribution >= 4 is 5.91 Å². The van der Waals surface area contributed by atoms with Crippen molar-refractivity contribution in [2.45, 2.75) is 38.6 Å². The molecular weight excluding hydrogens is 250 g/mol. The lowest BCUT2D eigenvalue weighted by Crippen LogP contribution is -2.34. The zero-order valence-electron chi connectivity index (χ0n) is 12.4. The van der Waals surface area contributed by atoms with Crippen LogP contribution in [0.15, 0.2) is 36.4 Å². The summed E-state index contributed by atoms with van der Waals surface area (Å²) in [7, 11) is 1.67. The number of hydrogen-bond donors (Lipinski definition) is 0. The van der Waals surface area contributed by atoms with Gasteiger partial charge in [0.05, 0.1) is 7.11 Å². The monoisotopic (exact) mass is 273 g/mol. The number of benzene rings is 1. The number of nitrogens with zero attached hydrogens (tertiary/aromatic N) is 1. The van der Waals surface area contributed by atoms with Crippen molar-refractivity contribution in [3.63, 3.8) is 0 Å². The SMILES string of the molecule is C=C(C)CC1CCC(=O)N1CCc1ccc(OC)cc1. The fourth-order valence-electron chi connectivity index (χ4n) is 2.76. The van der Waals surface area contributed by atoms with Crippen molar-refractivity contribution in [1.29, 1.82) is 0 Å². The Kier molecular flexibility index (Phi) is 4.83. The van der Waals surface area contributed by atoms with Gasteiger partial charge in [-0.05, 0) is 43.9 Å². The van der Waals surface area contributed by atoms with Crippen molar-refractivity contribution in [3.05, 3.63) is 42.0 Å². The molecule has 0 aliphatic carbocycles. The van der Waals surface area contributed by atoms with E-state index in [1.165, 1.54) is 5.56 Å². The van der Waals surface area contributed by atoms with Gasteiger partial charge in [-0.15, -0.1) is 6.58 Å². The lowest BCUT2D eigenvalue weighted by Gasteiger charge is -2.25. The molecule has 1 aromatic carbocycles. The van der Waals surface area contributed by atoms with Gasteiger partial charge in [-0.3, -0.25) is 4.79 Å². The van der Waals surface area contributed by atoms with E-state index in [9.17, 15) is 4.79 Å². The van der Waals surface area contributed by atoms with Crippen molar-refractivity contribution in [3.8, 4) is 5.75 Å². The van der Waals surface area contributed by atoms with Crippen LogP contribution in [0.25, 0.3) is 0 Å². The van der Waals surface area contributed by atoms with Gasteiger partial charge in [0.25, 0.3) is 0 Å². The molecule has 3 heteroatoms. The minimum atomic E-state index is 0.282. The Morgan fingerprint density at radius 2 is 2.10 bits per heavy atom. The molecule has 1 aliphatic rings. The third-order valence-electron chi connectivity index (χ3n) is 3.84. The Bertz CT molecular complexity index is 478. The molecule has 0 radical (unpaired) electrons. The fourth-order valence-corrected chi connectivity index (χ4v) is 2.76. The molecule has 1 heterocycles. The zero-order chi connectivity index (χ0) is 14.5. The Labute approximate surface area is 121 Å². The summed E-state index contributed by atoms with van der Waals surface area (Å²) in [6.45, 7) is 6.79. The first-order chi connectivity index (χ1) is 9.60. The van der Waals surface area contributed by atoms with Crippen LogP contribution in [0.3, 0.4) is 0 Å². The predicted molar refractivity (Wildman–Crippen MR) is 80.9 cm³/mol. The van der Waals surface area contributed by atoms with E-state index in [2.05, 4.69) is 18.7 Å². The van der Waals surface area contributed by atoms with Crippen molar-refractivity contribution in [2.24, 2.45) is 0 Å². The molecule has 0 saturated carbocycles. The minimum absolute atomic E-state index is 0.282. The highest BCUT2D eigenvalue weighted by molar-refractivity contribution is 5.78. The smallest absolute Gasteiger partial charge is 0.222 e. The quantitative estimate of drug-likeness (QED) is 0.745. The van der Waals surface area contributed by atoms with Gasteiger partial charge < -0.3 is 9.64 Å². The maximum atomic E-state index is 12.0. The normalized spacial score (nSPS) is 18.4. The van der Waals surface area contributed by atoms with Gasteiger partial charge in [-0.1, -0.05) is 17.7 Å². The molecule has 1 unspecified atom stereocenters. The molecule has 0 N–H and O–H groups in total. The van der Waals surface area contributed by atoms with E-state index in [1.54, 1.807) is 7.11 Å². The highest BCUT2D eigenvalue weighted by Gasteiger charge is 2.30. The molecule has 2 rings (SSSR count). The third-order valence-corrected chi connectivity index (χ3v) is 3.84. The molecule has 0 aromatic heterocycles. The van der Waals surface area contributed by atoms with E-state index < -0.39 is 0 Å². The fraction of sp³-hybridized carbons (Fsp3) is 0.471. The molecular formula is C17H23NO2. The molecule has 20 heavy (non-hydrogen) atoms. The molecule has 1 saturated heterocycles. The van der Waals surface area contributed by atoms with Crippen LogP contribution < -0.4 is 4.74 Å². The second-order valence-electron chi connectivity index (χ2n) is 5.54. The minimum Gasteiger partial charge on any atom is -0.497 e. The average molecular weight is 273 g/mol. The number of hydrogen-bond acceptors (Lipinski definition) is 2. The van der Waals surface area contributed by atoms with Gasteiger partial charge >= 0.3 is 0 Å². The summed E-state index contributed by atoms with van der Waals surface area (Å²) in [4.78, 5) is 14.0. The van der Waals surface area contributed by atoms with Crippen molar-refractivity contribution in [2.75, 3.05) is 13.7 Å². The standard InChI is InChI=1S/C17H23NO2/c1-13(2)12-15-6-9-17(19)18(15)11-10-14-4-7-16(20-3)8-5-14/h4-5,7-8,15H,1,6,9-12H2,2-3H3. The number of likely N-dealkylation sites (tertiary alicyclic amines) is 1. The van der Waals surface area contributed by atoms with Gasteiger partial charge in [0, 0.05) is 19.0 Å². The van der Waals surface area contributed by atoms with Crippen LogP contribution in [-0.4, -0.2) is 30.5 Å². The highest BCUT2D eigenvalue weighted by atomic mass is 16.5. The van der Waals surface area contributed by atoms with Gasteiger partial charge in [-0.2, -0.15) is 0 Å². The van der Waals surface area contributed by atoms with Crippen LogP contribution in [-0.2, 0) is 11.2 Å². The van der Waals surface area contributed by atoms with Crippen LogP contribution in [0.5, 0.6) is 5.75 Å². The molecule has 3 nitrogen and oxygen atoms in total. The van der Waals surface area contributed by atoms with E-state index in [4.69, 9.17) is 4.74 Å². The summed E-state index contributed by atoms with van der Waals surface area (Å²) in [6, 6.07) is 8.40. The summed E-state index contributed by atoms with van der Waals surface area (Å²) in [5, 5.41) is 0. The summed E-state index contributed by atoms with van der Waals surface area (Å²) in [5.41, 5.74) is 2.39. The second kappa shape index (κ2) is 6.60. The van der Waals surface area contributed by atoms with Crippen LogP contribution in [0.2, 0.25) is 0 Å². The number of carbonyl (C=O) groups is 1. The summed E-state index contributed by atoms with van der Waals surface area (Å²) in [6.07, 6.45) is 3.46. The Morgan fingerprint density at radius 3 is 2.70 bits per heavy atom. The summed E-state index contributed by atoms with van der Waals surface area (Å²) >= 11 is 0. The largest absolute Gasteiger partial charge is 0.497 e. The molecule has 1 amide bonds. The number of carbonyl (C=O) groups excluding carboxylic acids is 1. The maximum Gasteiger partial charge on any atom is 0.222 e. The van der Waals surface area contributed by atoms with E-state index in [1.807, 2.05) is 24.0 Å². The molecule has 0 bridgehead atoms. The van der Waals surface area contributed by atoms with Gasteiger partial charge in [0.2, 0.25) is 5.91 Å². The zero-order valence-corrected chi connectivity index (χ0v) is 12.4. The number of rotatable bonds is 6. The second-order valence-corrected chi connectivity index (χ2v) is 5.54. The first-order valence-corrected chi connectivity index (χ1v) is 7.17. The van der Waals surface area contributed by atoms with Gasteiger partial charge in [0.1, 0.15) is 5.75 Å². The molecule has 1 fully saturated rings. The van der Waals surface area contributed by atoms with Crippen LogP contribution in [0.1, 0.15) is 31.7 Å². The lowest BCUT2D eigenvalue weighted by atomic mass is 10.1. The number of amides is 1. The molecule has 0 spiro atoms. The van der Waals surface area contributed by atoms with E-state index in [-0.39, 0.29) is 5.91 Å². The predicted octanol–water partition coefficient (Wildman–Crippen LogP) is 3.19. The van der Waals surface area contributed by atoms with Crippen LogP contribution in [0, 0.1) is 0 Å². The third kappa shape index (κ3) is 3.62. The Morgan fingerprint density at radius 1 is 1.40 bits per heavy atom. The van der Waals surface area contributed by atoms with Gasteiger partial charge in [-0.25, -0.2) is 0 Å². The van der Waals surface area contributed by atoms with Crippen molar-refractivity contribution < 1.29 is 9.53 Å².